The van der Waals surface area contributed by atoms with E-state index in [9.17, 15) is 9.59 Å². The summed E-state index contributed by atoms with van der Waals surface area (Å²) in [5, 5.41) is 0. The van der Waals surface area contributed by atoms with Gasteiger partial charge in [0.05, 0.1) is 6.61 Å². The number of hydrogen-bond donors (Lipinski definition) is 0. The van der Waals surface area contributed by atoms with E-state index >= 15 is 0 Å². The number of nitrogens with zero attached hydrogens (tertiary/aromatic N) is 1. The summed E-state index contributed by atoms with van der Waals surface area (Å²) in [5.74, 6) is -0.416. The molecule has 0 saturated carbocycles. The predicted molar refractivity (Wildman–Crippen MR) is 67.1 cm³/mol. The molecule has 1 heterocycles. The molecule has 1 aliphatic heterocycles. The Morgan fingerprint density at radius 2 is 2.06 bits per heavy atom. The predicted octanol–water partition coefficient (Wildman–Crippen LogP) is 2.12. The molecule has 0 radical (unpaired) electrons. The number of rotatable bonds is 2. The minimum absolute atomic E-state index is 0.296. The molecule has 5 heteroatoms. The van der Waals surface area contributed by atoms with Crippen LogP contribution >= 0.6 is 0 Å². The third-order valence-corrected chi connectivity index (χ3v) is 2.35. The highest BCUT2D eigenvalue weighted by atomic mass is 16.6. The maximum Gasteiger partial charge on any atom is 0.411 e. The Morgan fingerprint density at radius 1 is 1.44 bits per heavy atom. The third-order valence-electron chi connectivity index (χ3n) is 2.35. The molecule has 5 nitrogen and oxygen atoms in total. The molecule has 1 atom stereocenters. The molecule has 0 aromatic heterocycles. The first-order chi connectivity index (χ1) is 8.24. The summed E-state index contributed by atoms with van der Waals surface area (Å²) in [7, 11) is 0. The van der Waals surface area contributed by atoms with Crippen molar-refractivity contribution in [1.29, 1.82) is 0 Å². The minimum Gasteiger partial charge on any atom is -0.464 e. The van der Waals surface area contributed by atoms with Crippen molar-refractivity contribution in [3.8, 4) is 0 Å². The van der Waals surface area contributed by atoms with Gasteiger partial charge in [-0.1, -0.05) is 11.6 Å². The van der Waals surface area contributed by atoms with Crippen molar-refractivity contribution in [2.75, 3.05) is 13.2 Å². The molecule has 0 saturated heterocycles. The van der Waals surface area contributed by atoms with Crippen molar-refractivity contribution in [2.24, 2.45) is 0 Å². The van der Waals surface area contributed by atoms with Crippen LogP contribution in [0.25, 0.3) is 0 Å². The first-order valence-corrected chi connectivity index (χ1v) is 6.08. The fourth-order valence-electron chi connectivity index (χ4n) is 1.70. The smallest absolute Gasteiger partial charge is 0.411 e. The maximum absolute atomic E-state index is 12.0. The molecule has 0 fully saturated rings. The molecule has 0 aliphatic carbocycles. The van der Waals surface area contributed by atoms with Gasteiger partial charge in [0.1, 0.15) is 5.60 Å². The topological polar surface area (TPSA) is 55.8 Å². The quantitative estimate of drug-likeness (QED) is 0.560. The molecule has 1 amide bonds. The van der Waals surface area contributed by atoms with Gasteiger partial charge in [-0.3, -0.25) is 4.90 Å². The van der Waals surface area contributed by atoms with Crippen LogP contribution < -0.4 is 0 Å². The van der Waals surface area contributed by atoms with Gasteiger partial charge in [0, 0.05) is 6.54 Å². The van der Waals surface area contributed by atoms with Gasteiger partial charge >= 0.3 is 12.1 Å². The summed E-state index contributed by atoms with van der Waals surface area (Å²) in [4.78, 5) is 25.1. The lowest BCUT2D eigenvalue weighted by Gasteiger charge is -2.27. The van der Waals surface area contributed by atoms with Crippen LogP contribution in [0.15, 0.2) is 11.6 Å². The lowest BCUT2D eigenvalue weighted by molar-refractivity contribution is -0.146. The van der Waals surface area contributed by atoms with Crippen LogP contribution in [0.2, 0.25) is 0 Å². The van der Waals surface area contributed by atoms with E-state index < -0.39 is 23.7 Å². The number of carbonyl (C=O) groups is 2. The fraction of sp³-hybridized carbons (Fsp3) is 0.692. The second-order valence-corrected chi connectivity index (χ2v) is 5.32. The third kappa shape index (κ3) is 3.75. The molecule has 0 spiro atoms. The largest absolute Gasteiger partial charge is 0.464 e. The van der Waals surface area contributed by atoms with E-state index in [1.807, 2.05) is 6.92 Å². The lowest BCUT2D eigenvalue weighted by atomic mass is 10.2. The van der Waals surface area contributed by atoms with Gasteiger partial charge in [-0.15, -0.1) is 0 Å². The first kappa shape index (κ1) is 14.5. The van der Waals surface area contributed by atoms with Gasteiger partial charge < -0.3 is 9.47 Å². The highest BCUT2D eigenvalue weighted by molar-refractivity contribution is 5.84. The molecular formula is C13H21NO4. The number of hydrogen-bond acceptors (Lipinski definition) is 4. The monoisotopic (exact) mass is 255 g/mol. The molecule has 0 unspecified atom stereocenters. The molecular weight excluding hydrogens is 234 g/mol. The Bertz CT molecular complexity index is 368. The maximum atomic E-state index is 12.0. The summed E-state index contributed by atoms with van der Waals surface area (Å²) in [6.07, 6.45) is 1.25. The Labute approximate surface area is 108 Å². The van der Waals surface area contributed by atoms with Gasteiger partial charge in [-0.25, -0.2) is 9.59 Å². The van der Waals surface area contributed by atoms with Crippen LogP contribution in [0.3, 0.4) is 0 Å². The van der Waals surface area contributed by atoms with E-state index in [1.54, 1.807) is 33.8 Å². The van der Waals surface area contributed by atoms with E-state index in [1.165, 1.54) is 4.90 Å². The highest BCUT2D eigenvalue weighted by Crippen LogP contribution is 2.20. The second-order valence-electron chi connectivity index (χ2n) is 5.32. The van der Waals surface area contributed by atoms with Gasteiger partial charge in [0.2, 0.25) is 0 Å². The van der Waals surface area contributed by atoms with Gasteiger partial charge in [-0.05, 0) is 34.6 Å². The molecule has 0 bridgehead atoms. The summed E-state index contributed by atoms with van der Waals surface area (Å²) in [5.41, 5.74) is 0.381. The van der Waals surface area contributed by atoms with Crippen molar-refractivity contribution in [2.45, 2.75) is 46.3 Å². The van der Waals surface area contributed by atoms with E-state index in [0.29, 0.717) is 13.2 Å². The molecule has 18 heavy (non-hydrogen) atoms. The number of ether oxygens (including phenoxy) is 2. The van der Waals surface area contributed by atoms with Crippen LogP contribution in [0.5, 0.6) is 0 Å². The van der Waals surface area contributed by atoms with Crippen LogP contribution in [0.1, 0.15) is 34.6 Å². The summed E-state index contributed by atoms with van der Waals surface area (Å²) in [6.45, 7) is 9.68. The number of amides is 1. The van der Waals surface area contributed by atoms with E-state index in [-0.39, 0.29) is 0 Å². The van der Waals surface area contributed by atoms with E-state index in [2.05, 4.69) is 0 Å². The zero-order valence-electron chi connectivity index (χ0n) is 11.6. The summed E-state index contributed by atoms with van der Waals surface area (Å²) < 4.78 is 10.2. The average molecular weight is 255 g/mol. The Kier molecular flexibility index (Phi) is 4.38. The summed E-state index contributed by atoms with van der Waals surface area (Å²) in [6, 6.07) is -0.667. The number of carbonyl (C=O) groups excluding carboxylic acids is 2. The lowest BCUT2D eigenvalue weighted by Crippen LogP contribution is -2.44. The van der Waals surface area contributed by atoms with Crippen molar-refractivity contribution >= 4 is 12.1 Å². The summed E-state index contributed by atoms with van der Waals surface area (Å²) >= 11 is 0. The number of esters is 1. The van der Waals surface area contributed by atoms with Gasteiger partial charge in [0.15, 0.2) is 6.04 Å². The molecule has 0 aromatic rings. The minimum atomic E-state index is -0.667. The Morgan fingerprint density at radius 3 is 2.56 bits per heavy atom. The Hall–Kier alpha value is -1.52. The molecule has 0 N–H and O–H groups in total. The highest BCUT2D eigenvalue weighted by Gasteiger charge is 2.36. The molecule has 102 valence electrons. The van der Waals surface area contributed by atoms with E-state index in [4.69, 9.17) is 9.47 Å². The standard InChI is InChI=1S/C13H21NO4/c1-6-17-11(15)10-7-9(2)8-14(10)12(16)18-13(3,4)5/h7,10H,6,8H2,1-5H3/t10-/m0/s1. The van der Waals surface area contributed by atoms with Crippen molar-refractivity contribution in [3.05, 3.63) is 11.6 Å². The molecule has 1 rings (SSSR count). The second kappa shape index (κ2) is 5.42. The fourth-order valence-corrected chi connectivity index (χ4v) is 1.70. The van der Waals surface area contributed by atoms with Crippen LogP contribution in [0.4, 0.5) is 4.79 Å². The SMILES string of the molecule is CCOC(=O)[C@@H]1C=C(C)CN1C(=O)OC(C)(C)C. The molecule has 1 aliphatic rings. The van der Waals surface area contributed by atoms with Crippen molar-refractivity contribution < 1.29 is 19.1 Å². The Balaban J connectivity index is 2.76. The normalized spacial score (nSPS) is 19.5. The molecule has 0 aromatic carbocycles. The van der Waals surface area contributed by atoms with Gasteiger partial charge in [0.25, 0.3) is 0 Å². The van der Waals surface area contributed by atoms with Crippen molar-refractivity contribution in [3.63, 3.8) is 0 Å². The van der Waals surface area contributed by atoms with Crippen LogP contribution in [-0.2, 0) is 14.3 Å². The zero-order chi connectivity index (χ0) is 13.9. The average Bonchev–Trinajstić information content (AvgIpc) is 2.58. The van der Waals surface area contributed by atoms with E-state index in [0.717, 1.165) is 5.57 Å². The zero-order valence-corrected chi connectivity index (χ0v) is 11.6. The van der Waals surface area contributed by atoms with Crippen molar-refractivity contribution in [1.82, 2.24) is 4.90 Å². The van der Waals surface area contributed by atoms with Crippen LogP contribution in [0, 0.1) is 0 Å². The first-order valence-electron chi connectivity index (χ1n) is 6.08. The van der Waals surface area contributed by atoms with Crippen LogP contribution in [-0.4, -0.2) is 41.8 Å². The van der Waals surface area contributed by atoms with Gasteiger partial charge in [-0.2, -0.15) is 0 Å².